The van der Waals surface area contributed by atoms with Gasteiger partial charge in [-0.1, -0.05) is 12.1 Å². The van der Waals surface area contributed by atoms with Gasteiger partial charge in [0.15, 0.2) is 17.5 Å². The smallest absolute Gasteiger partial charge is 0.387 e. The number of guanidine groups is 1. The molecule has 28 heavy (non-hydrogen) atoms. The molecular formula is C19H31F2IN4O2. The van der Waals surface area contributed by atoms with Gasteiger partial charge in [-0.2, -0.15) is 8.78 Å². The van der Waals surface area contributed by atoms with E-state index < -0.39 is 6.61 Å². The Hall–Kier alpha value is -1.36. The molecule has 9 heteroatoms. The molecular weight excluding hydrogens is 481 g/mol. The first kappa shape index (κ1) is 24.7. The number of alkyl halides is 2. The van der Waals surface area contributed by atoms with Crippen LogP contribution in [0.2, 0.25) is 0 Å². The van der Waals surface area contributed by atoms with Crippen LogP contribution in [0.15, 0.2) is 23.2 Å². The van der Waals surface area contributed by atoms with E-state index in [0.29, 0.717) is 36.3 Å². The predicted molar refractivity (Wildman–Crippen MR) is 118 cm³/mol. The lowest BCUT2D eigenvalue weighted by Gasteiger charge is -2.30. The van der Waals surface area contributed by atoms with Gasteiger partial charge < -0.3 is 25.0 Å². The zero-order valence-corrected chi connectivity index (χ0v) is 19.0. The SMILES string of the molecule is CCOc1cccc(CNC(=NC)NCC2CCCN(C)C2)c1OC(F)F.I. The van der Waals surface area contributed by atoms with Crippen molar-refractivity contribution in [3.05, 3.63) is 23.8 Å². The van der Waals surface area contributed by atoms with E-state index in [2.05, 4.69) is 27.6 Å². The number of nitrogens with zero attached hydrogens (tertiary/aromatic N) is 2. The summed E-state index contributed by atoms with van der Waals surface area (Å²) in [5.74, 6) is 1.57. The maximum atomic E-state index is 12.8. The van der Waals surface area contributed by atoms with Crippen molar-refractivity contribution >= 4 is 29.9 Å². The van der Waals surface area contributed by atoms with Crippen LogP contribution in [0, 0.1) is 5.92 Å². The van der Waals surface area contributed by atoms with Crippen molar-refractivity contribution in [2.75, 3.05) is 40.3 Å². The van der Waals surface area contributed by atoms with E-state index in [4.69, 9.17) is 9.47 Å². The molecule has 1 aromatic rings. The van der Waals surface area contributed by atoms with Crippen LogP contribution in [0.25, 0.3) is 0 Å². The number of para-hydroxylation sites is 1. The first-order chi connectivity index (χ1) is 13.0. The molecule has 1 atom stereocenters. The molecule has 2 rings (SSSR count). The van der Waals surface area contributed by atoms with Gasteiger partial charge >= 0.3 is 6.61 Å². The molecule has 0 radical (unpaired) electrons. The van der Waals surface area contributed by atoms with Crippen molar-refractivity contribution in [1.82, 2.24) is 15.5 Å². The zero-order valence-electron chi connectivity index (χ0n) is 16.7. The maximum Gasteiger partial charge on any atom is 0.387 e. The van der Waals surface area contributed by atoms with Crippen LogP contribution >= 0.6 is 24.0 Å². The molecule has 1 aliphatic rings. The summed E-state index contributed by atoms with van der Waals surface area (Å²) in [5.41, 5.74) is 0.585. The van der Waals surface area contributed by atoms with Gasteiger partial charge in [-0.05, 0) is 45.3 Å². The van der Waals surface area contributed by atoms with Gasteiger partial charge in [0.05, 0.1) is 6.61 Å². The van der Waals surface area contributed by atoms with Crippen molar-refractivity contribution in [2.45, 2.75) is 32.9 Å². The Morgan fingerprint density at radius 3 is 2.79 bits per heavy atom. The minimum atomic E-state index is -2.91. The average Bonchev–Trinajstić information content (AvgIpc) is 2.64. The molecule has 1 unspecified atom stereocenters. The molecule has 1 fully saturated rings. The van der Waals surface area contributed by atoms with E-state index in [0.717, 1.165) is 19.6 Å². The maximum absolute atomic E-state index is 12.8. The summed E-state index contributed by atoms with van der Waals surface area (Å²) in [6.45, 7) is 2.59. The number of likely N-dealkylation sites (tertiary alicyclic amines) is 1. The summed E-state index contributed by atoms with van der Waals surface area (Å²) < 4.78 is 35.7. The summed E-state index contributed by atoms with van der Waals surface area (Å²) in [5, 5.41) is 6.49. The molecule has 160 valence electrons. The van der Waals surface area contributed by atoms with Gasteiger partial charge in [0.2, 0.25) is 0 Å². The minimum absolute atomic E-state index is 0. The zero-order chi connectivity index (χ0) is 19.6. The third-order valence-corrected chi connectivity index (χ3v) is 4.52. The number of rotatable bonds is 8. The molecule has 1 aromatic carbocycles. The normalized spacial score (nSPS) is 17.8. The summed E-state index contributed by atoms with van der Waals surface area (Å²) in [4.78, 5) is 6.55. The number of hydrogen-bond donors (Lipinski definition) is 2. The summed E-state index contributed by atoms with van der Waals surface area (Å²) in [7, 11) is 3.82. The lowest BCUT2D eigenvalue weighted by molar-refractivity contribution is -0.0520. The van der Waals surface area contributed by atoms with Crippen LogP contribution in [-0.2, 0) is 6.54 Å². The van der Waals surface area contributed by atoms with E-state index in [1.165, 1.54) is 12.8 Å². The summed E-state index contributed by atoms with van der Waals surface area (Å²) >= 11 is 0. The van der Waals surface area contributed by atoms with E-state index in [-0.39, 0.29) is 29.7 Å². The van der Waals surface area contributed by atoms with Crippen LogP contribution in [0.1, 0.15) is 25.3 Å². The van der Waals surface area contributed by atoms with Crippen molar-refractivity contribution in [1.29, 1.82) is 0 Å². The van der Waals surface area contributed by atoms with E-state index in [1.54, 1.807) is 32.2 Å². The number of piperidine rings is 1. The Balaban J connectivity index is 0.00000392. The molecule has 6 nitrogen and oxygen atoms in total. The Bertz CT molecular complexity index is 620. The predicted octanol–water partition coefficient (Wildman–Crippen LogP) is 3.31. The van der Waals surface area contributed by atoms with Crippen LogP contribution in [0.5, 0.6) is 11.5 Å². The Morgan fingerprint density at radius 1 is 1.36 bits per heavy atom. The molecule has 0 saturated carbocycles. The largest absolute Gasteiger partial charge is 0.490 e. The molecule has 0 aliphatic carbocycles. The molecule has 1 heterocycles. The number of nitrogens with one attached hydrogen (secondary N) is 2. The Kier molecular flexibility index (Phi) is 11.4. The van der Waals surface area contributed by atoms with Crippen LogP contribution < -0.4 is 20.1 Å². The van der Waals surface area contributed by atoms with Crippen molar-refractivity contribution in [3.8, 4) is 11.5 Å². The number of benzene rings is 1. The van der Waals surface area contributed by atoms with Gasteiger partial charge in [0, 0.05) is 32.2 Å². The van der Waals surface area contributed by atoms with Crippen LogP contribution in [-0.4, -0.2) is 57.8 Å². The van der Waals surface area contributed by atoms with E-state index in [9.17, 15) is 8.78 Å². The molecule has 1 aliphatic heterocycles. The Labute approximate surface area is 183 Å². The second-order valence-corrected chi connectivity index (χ2v) is 6.63. The third-order valence-electron chi connectivity index (χ3n) is 4.52. The standard InChI is InChI=1S/C19H30F2N4O2.HI/c1-4-26-16-9-5-8-15(17(16)27-18(20)21)12-24-19(22-2)23-11-14-7-6-10-25(3)13-14;/h5,8-9,14,18H,4,6-7,10-13H2,1-3H3,(H2,22,23,24);1H. The van der Waals surface area contributed by atoms with Crippen molar-refractivity contribution in [3.63, 3.8) is 0 Å². The molecule has 0 spiro atoms. The molecule has 1 saturated heterocycles. The molecule has 0 bridgehead atoms. The highest BCUT2D eigenvalue weighted by atomic mass is 127. The average molecular weight is 512 g/mol. The van der Waals surface area contributed by atoms with Gasteiger partial charge in [-0.3, -0.25) is 4.99 Å². The third kappa shape index (κ3) is 7.94. The number of halogens is 3. The number of hydrogen-bond acceptors (Lipinski definition) is 4. The Morgan fingerprint density at radius 2 is 2.14 bits per heavy atom. The van der Waals surface area contributed by atoms with Gasteiger partial charge in [-0.25, -0.2) is 0 Å². The van der Waals surface area contributed by atoms with Gasteiger partial charge in [0.1, 0.15) is 0 Å². The van der Waals surface area contributed by atoms with Crippen LogP contribution in [0.4, 0.5) is 8.78 Å². The van der Waals surface area contributed by atoms with Crippen LogP contribution in [0.3, 0.4) is 0 Å². The highest BCUT2D eigenvalue weighted by Crippen LogP contribution is 2.32. The second-order valence-electron chi connectivity index (χ2n) is 6.63. The fraction of sp³-hybridized carbons (Fsp3) is 0.632. The molecule has 2 N–H and O–H groups in total. The summed E-state index contributed by atoms with van der Waals surface area (Å²) in [6.07, 6.45) is 2.39. The number of ether oxygens (including phenoxy) is 2. The minimum Gasteiger partial charge on any atom is -0.490 e. The quantitative estimate of drug-likeness (QED) is 0.318. The monoisotopic (exact) mass is 512 g/mol. The topological polar surface area (TPSA) is 58.1 Å². The molecule has 0 amide bonds. The summed E-state index contributed by atoms with van der Waals surface area (Å²) in [6, 6.07) is 5.11. The highest BCUT2D eigenvalue weighted by Gasteiger charge is 2.18. The lowest BCUT2D eigenvalue weighted by Crippen LogP contribution is -2.43. The van der Waals surface area contributed by atoms with Crippen molar-refractivity contribution in [2.24, 2.45) is 10.9 Å². The fourth-order valence-electron chi connectivity index (χ4n) is 3.27. The number of aliphatic imine (C=N–C) groups is 1. The van der Waals surface area contributed by atoms with E-state index in [1.807, 2.05) is 0 Å². The highest BCUT2D eigenvalue weighted by molar-refractivity contribution is 14.0. The van der Waals surface area contributed by atoms with Gasteiger partial charge in [0.25, 0.3) is 0 Å². The fourth-order valence-corrected chi connectivity index (χ4v) is 3.27. The second kappa shape index (κ2) is 13.0. The first-order valence-corrected chi connectivity index (χ1v) is 9.36. The van der Waals surface area contributed by atoms with E-state index >= 15 is 0 Å². The first-order valence-electron chi connectivity index (χ1n) is 9.36. The van der Waals surface area contributed by atoms with Crippen molar-refractivity contribution < 1.29 is 18.3 Å². The van der Waals surface area contributed by atoms with Gasteiger partial charge in [-0.15, -0.1) is 24.0 Å². The lowest BCUT2D eigenvalue weighted by atomic mass is 9.99. The molecule has 0 aromatic heterocycles.